The molecule has 56 valence electrons. The number of rotatable bonds is 2. The zero-order valence-corrected chi connectivity index (χ0v) is 5.50. The van der Waals surface area contributed by atoms with Gasteiger partial charge < -0.3 is 9.53 Å². The van der Waals surface area contributed by atoms with Crippen LogP contribution in [0.3, 0.4) is 0 Å². The van der Waals surface area contributed by atoms with Gasteiger partial charge >= 0.3 is 0 Å². The van der Waals surface area contributed by atoms with Gasteiger partial charge in [-0.05, 0) is 12.8 Å². The van der Waals surface area contributed by atoms with Crippen molar-refractivity contribution in [2.24, 2.45) is 5.92 Å². The average Bonchev–Trinajstić information content (AvgIpc) is 2.62. The quantitative estimate of drug-likeness (QED) is 0.421. The minimum absolute atomic E-state index is 0.0696. The van der Waals surface area contributed by atoms with Crippen molar-refractivity contribution in [3.05, 3.63) is 0 Å². The van der Waals surface area contributed by atoms with E-state index in [-0.39, 0.29) is 18.1 Å². The molecule has 1 saturated heterocycles. The first-order valence-corrected chi connectivity index (χ1v) is 3.58. The van der Waals surface area contributed by atoms with Crippen molar-refractivity contribution in [2.45, 2.75) is 31.2 Å². The number of fused-ring (bicyclic) bond motifs is 1. The van der Waals surface area contributed by atoms with Crippen molar-refractivity contribution in [3.63, 3.8) is 0 Å². The monoisotopic (exact) mass is 144 g/mol. The fraction of sp³-hybridized carbons (Fsp3) is 0.857. The standard InChI is InChI=1S/C7H9FO2/c8-5(3-9)4-1-2-6-7(4)10-6/h3-7H,1-2H2/t4-,5?,6+,7-/m1/s1. The third kappa shape index (κ3) is 0.770. The second-order valence-electron chi connectivity index (χ2n) is 2.96. The van der Waals surface area contributed by atoms with Gasteiger partial charge in [0.15, 0.2) is 12.5 Å². The number of halogens is 1. The molecule has 0 bridgehead atoms. The summed E-state index contributed by atoms with van der Waals surface area (Å²) in [5.74, 6) is -0.137. The summed E-state index contributed by atoms with van der Waals surface area (Å²) in [6.07, 6.45) is 1.19. The Morgan fingerprint density at radius 3 is 2.80 bits per heavy atom. The average molecular weight is 144 g/mol. The molecule has 0 aromatic rings. The van der Waals surface area contributed by atoms with Crippen LogP contribution in [0.25, 0.3) is 0 Å². The largest absolute Gasteiger partial charge is 0.369 e. The summed E-state index contributed by atoms with van der Waals surface area (Å²) in [6, 6.07) is 0. The van der Waals surface area contributed by atoms with Crippen LogP contribution in [0, 0.1) is 5.92 Å². The SMILES string of the molecule is O=CC(F)[C@H]1CC[C@@H]2O[C@@H]21. The molecule has 10 heavy (non-hydrogen) atoms. The summed E-state index contributed by atoms with van der Waals surface area (Å²) < 4.78 is 17.8. The van der Waals surface area contributed by atoms with Crippen LogP contribution in [-0.4, -0.2) is 24.7 Å². The van der Waals surface area contributed by atoms with E-state index >= 15 is 0 Å². The first-order chi connectivity index (χ1) is 4.83. The zero-order chi connectivity index (χ0) is 7.14. The third-order valence-corrected chi connectivity index (χ3v) is 2.37. The molecule has 1 aliphatic heterocycles. The lowest BCUT2D eigenvalue weighted by molar-refractivity contribution is -0.113. The summed E-state index contributed by atoms with van der Waals surface area (Å²) in [5, 5.41) is 0. The highest BCUT2D eigenvalue weighted by Gasteiger charge is 2.52. The summed E-state index contributed by atoms with van der Waals surface area (Å²) >= 11 is 0. The molecule has 0 amide bonds. The fourth-order valence-electron chi connectivity index (χ4n) is 1.73. The Hall–Kier alpha value is -0.440. The lowest BCUT2D eigenvalue weighted by Gasteiger charge is -2.08. The first kappa shape index (κ1) is 6.28. The Morgan fingerprint density at radius 2 is 2.40 bits per heavy atom. The number of ether oxygens (including phenoxy) is 1. The topological polar surface area (TPSA) is 29.6 Å². The van der Waals surface area contributed by atoms with Crippen molar-refractivity contribution in [1.29, 1.82) is 0 Å². The molecule has 1 heterocycles. The van der Waals surface area contributed by atoms with E-state index in [1.54, 1.807) is 0 Å². The molecule has 0 aromatic carbocycles. The first-order valence-electron chi connectivity index (χ1n) is 3.58. The van der Waals surface area contributed by atoms with Crippen LogP contribution in [0.1, 0.15) is 12.8 Å². The molecule has 1 aliphatic carbocycles. The summed E-state index contributed by atoms with van der Waals surface area (Å²) in [7, 11) is 0. The maximum absolute atomic E-state index is 12.7. The highest BCUT2D eigenvalue weighted by Crippen LogP contribution is 2.44. The van der Waals surface area contributed by atoms with Crippen molar-refractivity contribution in [1.82, 2.24) is 0 Å². The Labute approximate surface area is 58.4 Å². The number of epoxide rings is 1. The van der Waals surface area contributed by atoms with Gasteiger partial charge in [-0.2, -0.15) is 0 Å². The highest BCUT2D eigenvalue weighted by molar-refractivity contribution is 5.56. The molecule has 1 saturated carbocycles. The molecule has 0 aromatic heterocycles. The predicted molar refractivity (Wildman–Crippen MR) is 32.3 cm³/mol. The molecular weight excluding hydrogens is 135 g/mol. The molecule has 2 fully saturated rings. The maximum Gasteiger partial charge on any atom is 0.160 e. The van der Waals surface area contributed by atoms with E-state index in [2.05, 4.69) is 0 Å². The van der Waals surface area contributed by atoms with E-state index in [1.165, 1.54) is 0 Å². The molecular formula is C7H9FO2. The minimum atomic E-state index is -1.29. The van der Waals surface area contributed by atoms with Gasteiger partial charge in [0.2, 0.25) is 0 Å². The minimum Gasteiger partial charge on any atom is -0.369 e. The fourth-order valence-corrected chi connectivity index (χ4v) is 1.73. The van der Waals surface area contributed by atoms with Crippen LogP contribution in [0.15, 0.2) is 0 Å². The van der Waals surface area contributed by atoms with Crippen molar-refractivity contribution in [3.8, 4) is 0 Å². The molecule has 2 aliphatic rings. The second-order valence-corrected chi connectivity index (χ2v) is 2.96. The molecule has 0 N–H and O–H groups in total. The smallest absolute Gasteiger partial charge is 0.160 e. The Balaban J connectivity index is 1.98. The predicted octanol–water partition coefficient (Wildman–Crippen LogP) is 0.701. The van der Waals surface area contributed by atoms with Crippen LogP contribution < -0.4 is 0 Å². The summed E-state index contributed by atoms with van der Waals surface area (Å²) in [4.78, 5) is 10.0. The Kier molecular flexibility index (Phi) is 1.27. The van der Waals surface area contributed by atoms with Gasteiger partial charge in [0, 0.05) is 5.92 Å². The molecule has 0 spiro atoms. The van der Waals surface area contributed by atoms with Crippen LogP contribution in [-0.2, 0) is 9.53 Å². The number of hydrogen-bond acceptors (Lipinski definition) is 2. The molecule has 4 atom stereocenters. The van der Waals surface area contributed by atoms with Gasteiger partial charge in [0.1, 0.15) is 0 Å². The Morgan fingerprint density at radius 1 is 1.60 bits per heavy atom. The second kappa shape index (κ2) is 2.02. The molecule has 0 radical (unpaired) electrons. The highest BCUT2D eigenvalue weighted by atomic mass is 19.1. The van der Waals surface area contributed by atoms with E-state index in [0.29, 0.717) is 6.29 Å². The number of hydrogen-bond donors (Lipinski definition) is 0. The van der Waals surface area contributed by atoms with E-state index in [9.17, 15) is 9.18 Å². The number of aldehydes is 1. The van der Waals surface area contributed by atoms with E-state index in [1.807, 2.05) is 0 Å². The lowest BCUT2D eigenvalue weighted by atomic mass is 10.0. The third-order valence-electron chi connectivity index (χ3n) is 2.37. The molecule has 1 unspecified atom stereocenters. The van der Waals surface area contributed by atoms with E-state index in [0.717, 1.165) is 12.8 Å². The maximum atomic E-state index is 12.7. The number of carbonyl (C=O) groups is 1. The van der Waals surface area contributed by atoms with Crippen LogP contribution in [0.2, 0.25) is 0 Å². The number of carbonyl (C=O) groups excluding carboxylic acids is 1. The van der Waals surface area contributed by atoms with Crippen molar-refractivity contribution < 1.29 is 13.9 Å². The normalized spacial score (nSPS) is 46.3. The molecule has 2 nitrogen and oxygen atoms in total. The molecule has 2 rings (SSSR count). The van der Waals surface area contributed by atoms with Crippen molar-refractivity contribution in [2.75, 3.05) is 0 Å². The zero-order valence-electron chi connectivity index (χ0n) is 5.50. The van der Waals surface area contributed by atoms with Gasteiger partial charge in [-0.15, -0.1) is 0 Å². The van der Waals surface area contributed by atoms with Gasteiger partial charge in [-0.3, -0.25) is 0 Å². The van der Waals surface area contributed by atoms with Crippen molar-refractivity contribution >= 4 is 6.29 Å². The van der Waals surface area contributed by atoms with Crippen LogP contribution in [0.4, 0.5) is 4.39 Å². The van der Waals surface area contributed by atoms with E-state index in [4.69, 9.17) is 4.74 Å². The van der Waals surface area contributed by atoms with Crippen LogP contribution >= 0.6 is 0 Å². The molecule has 3 heteroatoms. The summed E-state index contributed by atoms with van der Waals surface area (Å²) in [6.45, 7) is 0. The van der Waals surface area contributed by atoms with Gasteiger partial charge in [-0.25, -0.2) is 4.39 Å². The van der Waals surface area contributed by atoms with Gasteiger partial charge in [-0.1, -0.05) is 0 Å². The van der Waals surface area contributed by atoms with Gasteiger partial charge in [0.25, 0.3) is 0 Å². The van der Waals surface area contributed by atoms with Crippen LogP contribution in [0.5, 0.6) is 0 Å². The summed E-state index contributed by atoms with van der Waals surface area (Å²) in [5.41, 5.74) is 0. The Bertz CT molecular complexity index is 160. The van der Waals surface area contributed by atoms with E-state index < -0.39 is 6.17 Å². The van der Waals surface area contributed by atoms with Gasteiger partial charge in [0.05, 0.1) is 12.2 Å². The number of alkyl halides is 1. The lowest BCUT2D eigenvalue weighted by Crippen LogP contribution is -2.19.